The van der Waals surface area contributed by atoms with Crippen LogP contribution in [0.25, 0.3) is 0 Å². The zero-order chi connectivity index (χ0) is 30.5. The number of nitrogens with zero attached hydrogens (tertiary/aromatic N) is 2. The Kier molecular flexibility index (Phi) is 44.5. The van der Waals surface area contributed by atoms with Crippen molar-refractivity contribution in [3.05, 3.63) is 104 Å². The smallest absolute Gasteiger partial charge is 1.00 e. The number of aliphatic hydroxyl groups is 1. The monoisotopic (exact) mass is 805 g/mol. The molecular weight excluding hydrogens is 767 g/mol. The molecule has 16 heteroatoms. The van der Waals surface area contributed by atoms with Crippen LogP contribution in [0.15, 0.2) is 85.2 Å². The summed E-state index contributed by atoms with van der Waals surface area (Å²) in [6.45, 7) is 4.12. The molecule has 2 atom stereocenters. The second-order valence-corrected chi connectivity index (χ2v) is 8.99. The molecular formula is C31H41BBrClMgN2NaO8Zn. The van der Waals surface area contributed by atoms with Crippen molar-refractivity contribution in [2.45, 2.75) is 52.0 Å². The van der Waals surface area contributed by atoms with E-state index in [4.69, 9.17) is 31.0 Å². The van der Waals surface area contributed by atoms with Crippen LogP contribution in [0.5, 0.6) is 5.75 Å². The SMILES string of the molecule is CC(=O)O.CC1CC(O)CCN1C(=O)OCc1ccccc1.COc1ccncc1.O=C(Cl)OCc1ccccc1.[B].[Br-].[CH3-].[H-].[Mg+2].[Na+].[Zn]. The molecule has 2 unspecified atom stereocenters. The third-order valence-electron chi connectivity index (χ3n) is 5.37. The summed E-state index contributed by atoms with van der Waals surface area (Å²) in [5.74, 6) is 0.0139. The summed E-state index contributed by atoms with van der Waals surface area (Å²) >= 11 is 4.97. The quantitative estimate of drug-likeness (QED) is 0.203. The average molecular weight is 809 g/mol. The summed E-state index contributed by atoms with van der Waals surface area (Å²) in [6.07, 6.45) is 4.06. The topological polar surface area (TPSA) is 135 Å². The van der Waals surface area contributed by atoms with Gasteiger partial charge in [0, 0.05) is 71.4 Å². The van der Waals surface area contributed by atoms with Crippen molar-refractivity contribution in [2.24, 2.45) is 0 Å². The molecule has 1 saturated heterocycles. The minimum atomic E-state index is -0.833. The number of benzene rings is 2. The van der Waals surface area contributed by atoms with E-state index in [2.05, 4.69) is 9.72 Å². The summed E-state index contributed by atoms with van der Waals surface area (Å²) < 4.78 is 14.7. The van der Waals surface area contributed by atoms with Crippen LogP contribution in [-0.4, -0.2) is 94.9 Å². The number of aliphatic hydroxyl groups excluding tert-OH is 1. The number of likely N-dealkylation sites (tertiary alicyclic amines) is 1. The van der Waals surface area contributed by atoms with Crippen molar-refractivity contribution in [3.8, 4) is 5.75 Å². The zero-order valence-corrected chi connectivity index (χ0v) is 36.5. The molecule has 1 aliphatic heterocycles. The Balaban J connectivity index is -0.0000000983. The number of pyridine rings is 1. The van der Waals surface area contributed by atoms with E-state index in [0.717, 1.165) is 23.8 Å². The van der Waals surface area contributed by atoms with E-state index < -0.39 is 11.4 Å². The summed E-state index contributed by atoms with van der Waals surface area (Å²) in [5.41, 5.74) is 1.14. The molecule has 0 saturated carbocycles. The molecule has 2 N–H and O–H groups in total. The predicted octanol–water partition coefficient (Wildman–Crippen LogP) is -0.282. The number of rotatable bonds is 5. The first-order valence-electron chi connectivity index (χ1n) is 12.8. The number of aromatic nitrogens is 1. The van der Waals surface area contributed by atoms with Gasteiger partial charge >= 0.3 is 64.1 Å². The number of methoxy groups -OCH3 is 1. The van der Waals surface area contributed by atoms with E-state index in [1.807, 2.05) is 67.6 Å². The Hall–Kier alpha value is -1.22. The van der Waals surface area contributed by atoms with Gasteiger partial charge in [0.1, 0.15) is 19.0 Å². The van der Waals surface area contributed by atoms with Gasteiger partial charge in [-0.1, -0.05) is 60.7 Å². The molecule has 10 nitrogen and oxygen atoms in total. The second kappa shape index (κ2) is 36.1. The number of halogens is 2. The Bertz CT molecular complexity index is 1180. The molecule has 0 aliphatic carbocycles. The van der Waals surface area contributed by atoms with Crippen LogP contribution in [0.3, 0.4) is 0 Å². The van der Waals surface area contributed by atoms with Gasteiger partial charge in [-0.05, 0) is 43.0 Å². The number of amides is 1. The van der Waals surface area contributed by atoms with E-state index >= 15 is 0 Å². The number of carboxylic acids is 1. The van der Waals surface area contributed by atoms with Crippen LogP contribution in [0.1, 0.15) is 39.2 Å². The molecule has 245 valence electrons. The number of piperidine rings is 1. The van der Waals surface area contributed by atoms with Crippen LogP contribution in [0, 0.1) is 7.43 Å². The number of carboxylic acid groups (broad SMARTS) is 1. The van der Waals surface area contributed by atoms with E-state index in [1.165, 1.54) is 0 Å². The van der Waals surface area contributed by atoms with Crippen molar-refractivity contribution >= 4 is 60.6 Å². The van der Waals surface area contributed by atoms with E-state index in [0.29, 0.717) is 26.0 Å². The van der Waals surface area contributed by atoms with Crippen LogP contribution in [-0.2, 0) is 47.0 Å². The maximum absolute atomic E-state index is 11.9. The first-order valence-corrected chi connectivity index (χ1v) is 13.1. The largest absolute Gasteiger partial charge is 2.00 e. The number of hydrogen-bond acceptors (Lipinski definition) is 8. The summed E-state index contributed by atoms with van der Waals surface area (Å²) in [5, 5.41) is 16.9. The van der Waals surface area contributed by atoms with Gasteiger partial charge in [-0.25, -0.2) is 9.59 Å². The molecule has 47 heavy (non-hydrogen) atoms. The second-order valence-electron chi connectivity index (χ2n) is 8.68. The van der Waals surface area contributed by atoms with Gasteiger partial charge in [-0.3, -0.25) is 9.78 Å². The molecule has 1 aliphatic rings. The van der Waals surface area contributed by atoms with Crippen molar-refractivity contribution in [1.29, 1.82) is 0 Å². The molecule has 4 rings (SSSR count). The van der Waals surface area contributed by atoms with Crippen molar-refractivity contribution in [3.63, 3.8) is 0 Å². The minimum absolute atomic E-state index is 0. The Morgan fingerprint density at radius 3 is 1.74 bits per heavy atom. The minimum Gasteiger partial charge on any atom is -1.00 e. The molecule has 0 bridgehead atoms. The molecule has 1 aromatic heterocycles. The standard InChI is InChI=1S/C14H19NO3.C8H7ClO2.C6H7NO.C2H4O2.CH3.B.BrH.Mg.Na.Zn.H/c1-11-9-13(16)7-8-15(11)14(17)18-10-12-5-3-2-4-6-12;9-8(10)11-6-7-4-2-1-3-5-7;1-8-6-2-4-7-5-3-6;1-2(3)4;;;;;;;/h2-6,11,13,16H,7-10H2,1H3;1-5H,6H2;2-5H,1H3;1H3,(H,3,4);1H3;;1H;;;;/q;;;;-1;;;+2;+1;;-1/p-1. The molecule has 0 spiro atoms. The molecule has 2 aromatic carbocycles. The molecule has 2 heterocycles. The number of carbonyl (C=O) groups is 3. The molecule has 3 radical (unpaired) electrons. The van der Waals surface area contributed by atoms with E-state index in [-0.39, 0.29) is 131 Å². The van der Waals surface area contributed by atoms with Crippen LogP contribution in [0.4, 0.5) is 9.59 Å². The van der Waals surface area contributed by atoms with Crippen LogP contribution in [0.2, 0.25) is 0 Å². The maximum Gasteiger partial charge on any atom is 2.00 e. The molecule has 1 fully saturated rings. The fourth-order valence-corrected chi connectivity index (χ4v) is 3.46. The number of ether oxygens (including phenoxy) is 3. The van der Waals surface area contributed by atoms with Gasteiger partial charge in [-0.15, -0.1) is 0 Å². The van der Waals surface area contributed by atoms with E-state index in [1.54, 1.807) is 36.5 Å². The summed E-state index contributed by atoms with van der Waals surface area (Å²) in [6, 6.07) is 22.6. The normalized spacial score (nSPS) is 13.3. The van der Waals surface area contributed by atoms with Gasteiger partial charge in [0.25, 0.3) is 5.97 Å². The first-order chi connectivity index (χ1) is 19.6. The van der Waals surface area contributed by atoms with Crippen molar-refractivity contribution < 1.29 is 106 Å². The fraction of sp³-hybridized carbons (Fsp3) is 0.323. The Labute approximate surface area is 348 Å². The van der Waals surface area contributed by atoms with Gasteiger partial charge in [-0.2, -0.15) is 0 Å². The van der Waals surface area contributed by atoms with Crippen LogP contribution < -0.4 is 51.3 Å². The molecule has 3 aromatic rings. The average Bonchev–Trinajstić information content (AvgIpc) is 2.97. The van der Waals surface area contributed by atoms with Gasteiger partial charge in [0.2, 0.25) is 0 Å². The van der Waals surface area contributed by atoms with Crippen LogP contribution >= 0.6 is 11.6 Å². The van der Waals surface area contributed by atoms with Gasteiger partial charge in [0.05, 0.1) is 13.2 Å². The van der Waals surface area contributed by atoms with Gasteiger partial charge < -0.3 is 55.2 Å². The van der Waals surface area contributed by atoms with E-state index in [9.17, 15) is 14.7 Å². The fourth-order valence-electron chi connectivity index (χ4n) is 3.41. The maximum atomic E-state index is 11.9. The Morgan fingerprint density at radius 2 is 1.38 bits per heavy atom. The Morgan fingerprint density at radius 1 is 0.957 bits per heavy atom. The first kappa shape index (κ1) is 58.0. The third-order valence-corrected chi connectivity index (χ3v) is 5.48. The predicted molar refractivity (Wildman–Crippen MR) is 174 cm³/mol. The number of hydrogen-bond donors (Lipinski definition) is 2. The zero-order valence-electron chi connectivity index (χ0n) is 28.8. The third kappa shape index (κ3) is 30.6. The van der Waals surface area contributed by atoms with Crippen molar-refractivity contribution in [1.82, 2.24) is 9.88 Å². The number of aliphatic carboxylic acids is 1. The summed E-state index contributed by atoms with van der Waals surface area (Å²) in [4.78, 5) is 36.6. The van der Waals surface area contributed by atoms with Crippen molar-refractivity contribution in [2.75, 3.05) is 13.7 Å². The molecule has 1 amide bonds. The summed E-state index contributed by atoms with van der Waals surface area (Å²) in [7, 11) is 1.63. The number of carbonyl (C=O) groups excluding carboxylic acids is 2. The van der Waals surface area contributed by atoms with Gasteiger partial charge in [0.15, 0.2) is 0 Å².